The summed E-state index contributed by atoms with van der Waals surface area (Å²) in [6.45, 7) is 0. The van der Waals surface area contributed by atoms with E-state index in [1.165, 1.54) is 28.7 Å². The van der Waals surface area contributed by atoms with E-state index in [1.807, 2.05) is 12.3 Å². The molecule has 0 spiro atoms. The van der Waals surface area contributed by atoms with E-state index >= 15 is 0 Å². The van der Waals surface area contributed by atoms with Gasteiger partial charge in [-0.05, 0) is 35.9 Å². The lowest BCUT2D eigenvalue weighted by Gasteiger charge is -2.09. The molecule has 3 aromatic heterocycles. The first kappa shape index (κ1) is 16.0. The van der Waals surface area contributed by atoms with Crippen molar-refractivity contribution in [2.45, 2.75) is 36.2 Å². The van der Waals surface area contributed by atoms with E-state index in [4.69, 9.17) is 0 Å². The van der Waals surface area contributed by atoms with E-state index in [0.29, 0.717) is 6.04 Å². The second kappa shape index (κ2) is 6.85. The van der Waals surface area contributed by atoms with Crippen LogP contribution in [-0.4, -0.2) is 19.7 Å². The maximum Gasteiger partial charge on any atom is 0.191 e. The second-order valence-corrected chi connectivity index (χ2v) is 8.51. The molecule has 0 atom stereocenters. The number of thiophene rings is 1. The highest BCUT2D eigenvalue weighted by Crippen LogP contribution is 2.40. The number of hydrogen-bond acceptors (Lipinski definition) is 5. The van der Waals surface area contributed by atoms with Crippen molar-refractivity contribution in [3.05, 3.63) is 70.3 Å². The van der Waals surface area contributed by atoms with Gasteiger partial charge in [-0.25, -0.2) is 0 Å². The fourth-order valence-corrected chi connectivity index (χ4v) is 4.93. The van der Waals surface area contributed by atoms with Gasteiger partial charge in [0.1, 0.15) is 5.82 Å². The number of thioether (sulfide) groups is 1. The number of fused-ring (bicyclic) bond motifs is 1. The Labute approximate surface area is 160 Å². The van der Waals surface area contributed by atoms with Crippen LogP contribution in [0.1, 0.15) is 35.1 Å². The molecule has 1 aromatic carbocycles. The van der Waals surface area contributed by atoms with Gasteiger partial charge in [0, 0.05) is 34.7 Å². The predicted molar refractivity (Wildman–Crippen MR) is 107 cm³/mol. The summed E-state index contributed by atoms with van der Waals surface area (Å²) in [7, 11) is 0. The molecule has 0 aliphatic heterocycles. The highest BCUT2D eigenvalue weighted by atomic mass is 32.2. The highest BCUT2D eigenvalue weighted by Gasteiger charge is 2.29. The summed E-state index contributed by atoms with van der Waals surface area (Å²) in [4.78, 5) is 5.91. The fraction of sp³-hybridized carbons (Fsp3) is 0.250. The number of rotatable bonds is 6. The van der Waals surface area contributed by atoms with Crippen LogP contribution in [0.25, 0.3) is 10.9 Å². The number of para-hydroxylation sites is 1. The Bertz CT molecular complexity index is 1030. The maximum atomic E-state index is 4.56. The van der Waals surface area contributed by atoms with E-state index in [1.54, 1.807) is 23.1 Å². The number of aromatic nitrogens is 4. The van der Waals surface area contributed by atoms with Crippen LogP contribution in [0.4, 0.5) is 0 Å². The predicted octanol–water partition coefficient (Wildman–Crippen LogP) is 5.11. The van der Waals surface area contributed by atoms with Gasteiger partial charge < -0.3 is 4.57 Å². The molecule has 0 saturated heterocycles. The minimum Gasteiger partial charge on any atom is -0.303 e. The topological polar surface area (TPSA) is 43.6 Å². The van der Waals surface area contributed by atoms with Crippen LogP contribution < -0.4 is 0 Å². The molecule has 1 fully saturated rings. The quantitative estimate of drug-likeness (QED) is 0.438. The Morgan fingerprint density at radius 3 is 2.85 bits per heavy atom. The van der Waals surface area contributed by atoms with Crippen molar-refractivity contribution in [3.63, 3.8) is 0 Å². The summed E-state index contributed by atoms with van der Waals surface area (Å²) in [5, 5.41) is 13.4. The first-order chi connectivity index (χ1) is 12.9. The number of hydrogen-bond donors (Lipinski definition) is 0. The monoisotopic (exact) mass is 378 g/mol. The van der Waals surface area contributed by atoms with Gasteiger partial charge in [-0.1, -0.05) is 42.1 Å². The molecule has 0 radical (unpaired) electrons. The van der Waals surface area contributed by atoms with Crippen molar-refractivity contribution in [1.82, 2.24) is 19.7 Å². The minimum absolute atomic E-state index is 0.577. The van der Waals surface area contributed by atoms with E-state index in [9.17, 15) is 0 Å². The van der Waals surface area contributed by atoms with Gasteiger partial charge in [0.15, 0.2) is 5.16 Å². The zero-order valence-electron chi connectivity index (χ0n) is 14.2. The average Bonchev–Trinajstić information content (AvgIpc) is 3.23. The van der Waals surface area contributed by atoms with Crippen LogP contribution in [-0.2, 0) is 12.2 Å². The summed E-state index contributed by atoms with van der Waals surface area (Å²) in [5.41, 5.74) is 2.33. The zero-order valence-corrected chi connectivity index (χ0v) is 15.8. The first-order valence-electron chi connectivity index (χ1n) is 8.80. The van der Waals surface area contributed by atoms with Crippen LogP contribution in [0.5, 0.6) is 0 Å². The lowest BCUT2D eigenvalue weighted by molar-refractivity contribution is 0.635. The highest BCUT2D eigenvalue weighted by molar-refractivity contribution is 7.98. The molecule has 5 rings (SSSR count). The van der Waals surface area contributed by atoms with Crippen LogP contribution in [0, 0.1) is 0 Å². The van der Waals surface area contributed by atoms with Crippen molar-refractivity contribution in [1.29, 1.82) is 0 Å². The lowest BCUT2D eigenvalue weighted by atomic mass is 10.1. The Hall–Kier alpha value is -2.18. The molecule has 0 bridgehead atoms. The third-order valence-corrected chi connectivity index (χ3v) is 6.50. The normalized spacial score (nSPS) is 14.2. The molecule has 0 N–H and O–H groups in total. The Kier molecular flexibility index (Phi) is 4.22. The van der Waals surface area contributed by atoms with Crippen LogP contribution in [0.15, 0.2) is 59.2 Å². The van der Waals surface area contributed by atoms with Crippen molar-refractivity contribution in [3.8, 4) is 0 Å². The van der Waals surface area contributed by atoms with Gasteiger partial charge >= 0.3 is 0 Å². The third kappa shape index (κ3) is 3.15. The van der Waals surface area contributed by atoms with Gasteiger partial charge in [0.25, 0.3) is 0 Å². The summed E-state index contributed by atoms with van der Waals surface area (Å²) in [6, 6.07) is 15.3. The number of nitrogens with zero attached hydrogens (tertiary/aromatic N) is 4. The van der Waals surface area contributed by atoms with E-state index in [-0.39, 0.29) is 0 Å². The molecule has 4 nitrogen and oxygen atoms in total. The minimum atomic E-state index is 0.577. The molecule has 1 aliphatic rings. The van der Waals surface area contributed by atoms with Crippen molar-refractivity contribution in [2.24, 2.45) is 0 Å². The first-order valence-corrected chi connectivity index (χ1v) is 10.7. The number of benzene rings is 1. The molecule has 26 heavy (non-hydrogen) atoms. The standard InChI is InChI=1S/C20H18N4S2/c1-4-14-6-2-10-21-19(14)15(5-1)13-26-20-23-22-18(24(20)16-8-9-16)12-17-7-3-11-25-17/h1-7,10-11,16H,8-9,12-13H2. The maximum absolute atomic E-state index is 4.56. The molecular weight excluding hydrogens is 360 g/mol. The fourth-order valence-electron chi connectivity index (χ4n) is 3.22. The Balaban J connectivity index is 1.41. The molecule has 1 saturated carbocycles. The van der Waals surface area contributed by atoms with Gasteiger partial charge in [-0.15, -0.1) is 21.5 Å². The van der Waals surface area contributed by atoms with E-state index in [2.05, 4.69) is 61.5 Å². The molecule has 4 aromatic rings. The van der Waals surface area contributed by atoms with Crippen LogP contribution in [0.3, 0.4) is 0 Å². The van der Waals surface area contributed by atoms with E-state index in [0.717, 1.165) is 28.7 Å². The molecule has 0 amide bonds. The molecular formula is C20H18N4S2. The molecule has 1 aliphatic carbocycles. The molecule has 6 heteroatoms. The lowest BCUT2D eigenvalue weighted by Crippen LogP contribution is -2.03. The summed E-state index contributed by atoms with van der Waals surface area (Å²) in [6.07, 6.45) is 5.21. The summed E-state index contributed by atoms with van der Waals surface area (Å²) >= 11 is 3.55. The van der Waals surface area contributed by atoms with Gasteiger partial charge in [0.2, 0.25) is 0 Å². The molecule has 130 valence electrons. The molecule has 3 heterocycles. The summed E-state index contributed by atoms with van der Waals surface area (Å²) < 4.78 is 2.36. The summed E-state index contributed by atoms with van der Waals surface area (Å²) in [5.74, 6) is 1.95. The van der Waals surface area contributed by atoms with Gasteiger partial charge in [0.05, 0.1) is 5.52 Å². The van der Waals surface area contributed by atoms with Gasteiger partial charge in [-0.3, -0.25) is 4.98 Å². The Morgan fingerprint density at radius 2 is 2.00 bits per heavy atom. The van der Waals surface area contributed by atoms with Crippen LogP contribution >= 0.6 is 23.1 Å². The van der Waals surface area contributed by atoms with Crippen molar-refractivity contribution in [2.75, 3.05) is 0 Å². The third-order valence-electron chi connectivity index (χ3n) is 4.63. The Morgan fingerprint density at radius 1 is 1.08 bits per heavy atom. The van der Waals surface area contributed by atoms with E-state index < -0.39 is 0 Å². The smallest absolute Gasteiger partial charge is 0.191 e. The van der Waals surface area contributed by atoms with Crippen molar-refractivity contribution >= 4 is 34.0 Å². The van der Waals surface area contributed by atoms with Gasteiger partial charge in [-0.2, -0.15) is 0 Å². The van der Waals surface area contributed by atoms with Crippen molar-refractivity contribution < 1.29 is 0 Å². The average molecular weight is 379 g/mol. The SMILES string of the molecule is c1csc(Cc2nnc(SCc3cccc4cccnc34)n2C2CC2)c1. The molecule has 0 unspecified atom stereocenters. The second-order valence-electron chi connectivity index (χ2n) is 6.54. The number of pyridine rings is 1. The zero-order chi connectivity index (χ0) is 17.3. The van der Waals surface area contributed by atoms with Crippen LogP contribution in [0.2, 0.25) is 0 Å². The largest absolute Gasteiger partial charge is 0.303 e.